The van der Waals surface area contributed by atoms with Crippen molar-refractivity contribution in [1.29, 1.82) is 0 Å². The first-order chi connectivity index (χ1) is 7.87. The second-order valence-electron chi connectivity index (χ2n) is 5.26. The lowest BCUT2D eigenvalue weighted by atomic mass is 10.0. The third-order valence-electron chi connectivity index (χ3n) is 3.68. The van der Waals surface area contributed by atoms with Crippen LogP contribution in [0.4, 0.5) is 0 Å². The van der Waals surface area contributed by atoms with E-state index in [1.54, 1.807) is 7.11 Å². The molecular weight excluding hydrogens is 234 g/mol. The third kappa shape index (κ3) is 3.88. The maximum absolute atomic E-state index is 5.79. The zero-order chi connectivity index (χ0) is 13.1. The molecule has 1 fully saturated rings. The van der Waals surface area contributed by atoms with Gasteiger partial charge in [0, 0.05) is 39.8 Å². The average Bonchev–Trinajstić information content (AvgIpc) is 2.29. The molecule has 0 radical (unpaired) electrons. The number of hydrogen-bond acceptors (Lipinski definition) is 4. The Bertz CT molecular complexity index is 262. The van der Waals surface area contributed by atoms with Crippen molar-refractivity contribution >= 4 is 17.2 Å². The molecule has 5 heteroatoms. The Balaban J connectivity index is 2.43. The quantitative estimate of drug-likeness (QED) is 0.736. The number of nitrogens with two attached hydrogens (primary N) is 1. The highest BCUT2D eigenvalue weighted by Crippen LogP contribution is 2.17. The van der Waals surface area contributed by atoms with Crippen molar-refractivity contribution in [2.75, 3.05) is 39.8 Å². The Morgan fingerprint density at radius 1 is 1.35 bits per heavy atom. The SMILES string of the molecule is COC(C)CN1CCN(C(C)(C)C(N)=S)CC1. The molecule has 1 saturated heterocycles. The summed E-state index contributed by atoms with van der Waals surface area (Å²) in [6.45, 7) is 11.4. The fourth-order valence-electron chi connectivity index (χ4n) is 2.08. The monoisotopic (exact) mass is 259 g/mol. The van der Waals surface area contributed by atoms with Crippen molar-refractivity contribution in [3.63, 3.8) is 0 Å². The van der Waals surface area contributed by atoms with Crippen LogP contribution in [0.1, 0.15) is 20.8 Å². The molecule has 0 aromatic rings. The zero-order valence-corrected chi connectivity index (χ0v) is 12.2. The van der Waals surface area contributed by atoms with Crippen LogP contribution in [0.3, 0.4) is 0 Å². The summed E-state index contributed by atoms with van der Waals surface area (Å²) in [5, 5.41) is 0. The van der Waals surface area contributed by atoms with Gasteiger partial charge in [0.1, 0.15) is 0 Å². The summed E-state index contributed by atoms with van der Waals surface area (Å²) in [5.41, 5.74) is 5.62. The van der Waals surface area contributed by atoms with Crippen molar-refractivity contribution in [2.24, 2.45) is 5.73 Å². The fourth-order valence-corrected chi connectivity index (χ4v) is 2.21. The Hall–Kier alpha value is -0.230. The minimum Gasteiger partial charge on any atom is -0.392 e. The number of thiocarbonyl (C=S) groups is 1. The molecule has 1 unspecified atom stereocenters. The largest absolute Gasteiger partial charge is 0.392 e. The molecule has 0 spiro atoms. The zero-order valence-electron chi connectivity index (χ0n) is 11.4. The first-order valence-electron chi connectivity index (χ1n) is 6.18. The van der Waals surface area contributed by atoms with Crippen LogP contribution in [0.5, 0.6) is 0 Å². The van der Waals surface area contributed by atoms with Crippen LogP contribution in [0, 0.1) is 0 Å². The maximum Gasteiger partial charge on any atom is 0.0928 e. The van der Waals surface area contributed by atoms with Gasteiger partial charge in [-0.05, 0) is 20.8 Å². The molecule has 1 rings (SSSR count). The van der Waals surface area contributed by atoms with E-state index in [9.17, 15) is 0 Å². The van der Waals surface area contributed by atoms with Gasteiger partial charge in [0.15, 0.2) is 0 Å². The van der Waals surface area contributed by atoms with E-state index in [1.165, 1.54) is 0 Å². The number of piperazine rings is 1. The summed E-state index contributed by atoms with van der Waals surface area (Å²) < 4.78 is 5.29. The molecule has 1 heterocycles. The predicted molar refractivity (Wildman–Crippen MR) is 75.3 cm³/mol. The van der Waals surface area contributed by atoms with Gasteiger partial charge in [-0.1, -0.05) is 12.2 Å². The van der Waals surface area contributed by atoms with Crippen LogP contribution < -0.4 is 5.73 Å². The van der Waals surface area contributed by atoms with Crippen LogP contribution in [0.25, 0.3) is 0 Å². The van der Waals surface area contributed by atoms with Crippen LogP contribution in [-0.4, -0.2) is 66.3 Å². The minimum atomic E-state index is -0.172. The Kier molecular flexibility index (Phi) is 5.31. The van der Waals surface area contributed by atoms with E-state index < -0.39 is 0 Å². The van der Waals surface area contributed by atoms with E-state index in [1.807, 2.05) is 0 Å². The van der Waals surface area contributed by atoms with Crippen molar-refractivity contribution < 1.29 is 4.74 Å². The Labute approximate surface area is 110 Å². The summed E-state index contributed by atoms with van der Waals surface area (Å²) >= 11 is 5.13. The van der Waals surface area contributed by atoms with E-state index in [0.29, 0.717) is 11.1 Å². The van der Waals surface area contributed by atoms with Gasteiger partial charge >= 0.3 is 0 Å². The molecule has 0 aliphatic carbocycles. The highest BCUT2D eigenvalue weighted by Gasteiger charge is 2.32. The molecule has 1 aliphatic heterocycles. The van der Waals surface area contributed by atoms with Gasteiger partial charge in [-0.25, -0.2) is 0 Å². The van der Waals surface area contributed by atoms with Crippen molar-refractivity contribution in [2.45, 2.75) is 32.4 Å². The molecular formula is C12H25N3OS. The summed E-state index contributed by atoms with van der Waals surface area (Å²) in [5.74, 6) is 0. The maximum atomic E-state index is 5.79. The van der Waals surface area contributed by atoms with Gasteiger partial charge < -0.3 is 10.5 Å². The summed E-state index contributed by atoms with van der Waals surface area (Å²) in [4.78, 5) is 5.38. The first kappa shape index (κ1) is 14.8. The van der Waals surface area contributed by atoms with E-state index in [-0.39, 0.29) is 5.54 Å². The van der Waals surface area contributed by atoms with E-state index in [0.717, 1.165) is 32.7 Å². The number of ether oxygens (including phenoxy) is 1. The fraction of sp³-hybridized carbons (Fsp3) is 0.917. The highest BCUT2D eigenvalue weighted by molar-refractivity contribution is 7.80. The van der Waals surface area contributed by atoms with Crippen molar-refractivity contribution in [3.05, 3.63) is 0 Å². The number of methoxy groups -OCH3 is 1. The molecule has 0 amide bonds. The molecule has 4 nitrogen and oxygen atoms in total. The van der Waals surface area contributed by atoms with E-state index in [2.05, 4.69) is 30.6 Å². The molecule has 0 aromatic heterocycles. The molecule has 17 heavy (non-hydrogen) atoms. The van der Waals surface area contributed by atoms with Gasteiger partial charge in [0.25, 0.3) is 0 Å². The van der Waals surface area contributed by atoms with Crippen molar-refractivity contribution in [1.82, 2.24) is 9.80 Å². The van der Waals surface area contributed by atoms with E-state index in [4.69, 9.17) is 22.7 Å². The van der Waals surface area contributed by atoms with Crippen LogP contribution >= 0.6 is 12.2 Å². The summed E-state index contributed by atoms with van der Waals surface area (Å²) in [6.07, 6.45) is 0.296. The lowest BCUT2D eigenvalue weighted by molar-refractivity contribution is 0.0377. The highest BCUT2D eigenvalue weighted by atomic mass is 32.1. The van der Waals surface area contributed by atoms with Crippen molar-refractivity contribution in [3.8, 4) is 0 Å². The Morgan fingerprint density at radius 2 is 1.88 bits per heavy atom. The lowest BCUT2D eigenvalue weighted by Crippen LogP contribution is -2.59. The topological polar surface area (TPSA) is 41.7 Å². The normalized spacial score (nSPS) is 21.4. The van der Waals surface area contributed by atoms with Gasteiger partial charge in [-0.15, -0.1) is 0 Å². The molecule has 2 N–H and O–H groups in total. The van der Waals surface area contributed by atoms with Gasteiger partial charge in [-0.3, -0.25) is 9.80 Å². The van der Waals surface area contributed by atoms with Gasteiger partial charge in [-0.2, -0.15) is 0 Å². The van der Waals surface area contributed by atoms with Crippen LogP contribution in [-0.2, 0) is 4.74 Å². The van der Waals surface area contributed by atoms with Gasteiger partial charge in [0.2, 0.25) is 0 Å². The molecule has 1 atom stereocenters. The number of rotatable bonds is 5. The second-order valence-corrected chi connectivity index (χ2v) is 5.70. The minimum absolute atomic E-state index is 0.172. The molecule has 100 valence electrons. The predicted octanol–water partition coefficient (Wildman–Crippen LogP) is 0.704. The molecule has 0 bridgehead atoms. The summed E-state index contributed by atoms with van der Waals surface area (Å²) in [7, 11) is 1.76. The van der Waals surface area contributed by atoms with Crippen LogP contribution in [0.15, 0.2) is 0 Å². The number of hydrogen-bond donors (Lipinski definition) is 1. The van der Waals surface area contributed by atoms with E-state index >= 15 is 0 Å². The standard InChI is InChI=1S/C12H25N3OS/c1-10(16-4)9-14-5-7-15(8-6-14)12(2,3)11(13)17/h10H,5-9H2,1-4H3,(H2,13,17). The van der Waals surface area contributed by atoms with Crippen LogP contribution in [0.2, 0.25) is 0 Å². The molecule has 1 aliphatic rings. The van der Waals surface area contributed by atoms with Gasteiger partial charge in [0.05, 0.1) is 16.6 Å². The number of nitrogens with zero attached hydrogens (tertiary/aromatic N) is 2. The molecule has 0 aromatic carbocycles. The Morgan fingerprint density at radius 3 is 2.29 bits per heavy atom. The average molecular weight is 259 g/mol. The molecule has 0 saturated carbocycles. The summed E-state index contributed by atoms with van der Waals surface area (Å²) in [6, 6.07) is 0. The smallest absolute Gasteiger partial charge is 0.0928 e. The second kappa shape index (κ2) is 6.09. The third-order valence-corrected chi connectivity index (χ3v) is 4.18. The first-order valence-corrected chi connectivity index (χ1v) is 6.59. The lowest BCUT2D eigenvalue weighted by Gasteiger charge is -2.43.